The Morgan fingerprint density at radius 3 is 2.81 bits per heavy atom. The monoisotopic (exact) mass is 389 g/mol. The number of hydrogen-bond donors (Lipinski definition) is 1. The number of piperidine rings is 1. The molecule has 0 amide bonds. The van der Waals surface area contributed by atoms with E-state index >= 15 is 0 Å². The Balaban J connectivity index is 1.51. The summed E-state index contributed by atoms with van der Waals surface area (Å²) >= 11 is 0. The lowest BCUT2D eigenvalue weighted by Crippen LogP contribution is -2.39. The third kappa shape index (κ3) is 3.66. The van der Waals surface area contributed by atoms with Crippen molar-refractivity contribution in [3.8, 4) is 11.5 Å². The molecule has 0 bridgehead atoms. The molecule has 0 saturated carbocycles. The first kappa shape index (κ1) is 17.9. The molecule has 1 unspecified atom stereocenters. The van der Waals surface area contributed by atoms with Crippen LogP contribution in [-0.2, 0) is 10.0 Å². The van der Waals surface area contributed by atoms with Gasteiger partial charge in [0.05, 0.1) is 16.8 Å². The quantitative estimate of drug-likeness (QED) is 0.844. The number of rotatable bonds is 5. The van der Waals surface area contributed by atoms with E-state index < -0.39 is 10.0 Å². The van der Waals surface area contributed by atoms with Crippen molar-refractivity contribution < 1.29 is 17.9 Å². The van der Waals surface area contributed by atoms with Gasteiger partial charge in [-0.2, -0.15) is 0 Å². The Morgan fingerprint density at radius 2 is 2.04 bits per heavy atom. The van der Waals surface area contributed by atoms with Crippen LogP contribution in [0.5, 0.6) is 11.5 Å². The zero-order valence-corrected chi connectivity index (χ0v) is 16.0. The summed E-state index contributed by atoms with van der Waals surface area (Å²) in [5.41, 5.74) is 1.03. The summed E-state index contributed by atoms with van der Waals surface area (Å²) < 4.78 is 38.3. The molecule has 8 heteroatoms. The molecule has 3 heterocycles. The molecule has 1 atom stereocenters. The van der Waals surface area contributed by atoms with Crippen molar-refractivity contribution in [3.05, 3.63) is 36.5 Å². The molecule has 144 valence electrons. The minimum atomic E-state index is -3.75. The van der Waals surface area contributed by atoms with E-state index in [1.54, 1.807) is 18.3 Å². The number of benzene rings is 1. The van der Waals surface area contributed by atoms with E-state index in [0.29, 0.717) is 23.4 Å². The van der Waals surface area contributed by atoms with Crippen LogP contribution in [0.4, 0.5) is 11.5 Å². The molecule has 0 aliphatic carbocycles. The van der Waals surface area contributed by atoms with E-state index in [4.69, 9.17) is 9.47 Å². The third-order valence-electron chi connectivity index (χ3n) is 5.07. The topological polar surface area (TPSA) is 80.8 Å². The Bertz CT molecular complexity index is 915. The predicted molar refractivity (Wildman–Crippen MR) is 103 cm³/mol. The molecule has 1 fully saturated rings. The third-order valence-corrected chi connectivity index (χ3v) is 6.42. The summed E-state index contributed by atoms with van der Waals surface area (Å²) in [6.45, 7) is 3.32. The molecule has 2 aliphatic heterocycles. The first-order valence-corrected chi connectivity index (χ1v) is 10.7. The zero-order chi connectivity index (χ0) is 18.9. The molecule has 0 radical (unpaired) electrons. The zero-order valence-electron chi connectivity index (χ0n) is 15.2. The molecule has 1 aromatic carbocycles. The fourth-order valence-corrected chi connectivity index (χ4v) is 4.65. The van der Waals surface area contributed by atoms with E-state index in [1.807, 2.05) is 6.07 Å². The number of pyridine rings is 1. The van der Waals surface area contributed by atoms with Gasteiger partial charge in [0.15, 0.2) is 11.5 Å². The molecule has 27 heavy (non-hydrogen) atoms. The molecular weight excluding hydrogens is 366 g/mol. The SMILES string of the molecule is CCC1CCCCN1c1ccc(NS(=O)(=O)c2ccc3c(c2)OCO3)nc1. The standard InChI is InChI=1S/C19H23N3O4S/c1-2-14-5-3-4-10-22(14)15-6-9-19(20-12-15)21-27(23,24)16-7-8-17-18(11-16)26-13-25-17/h6-9,11-12,14H,2-5,10,13H2,1H3,(H,20,21). The molecule has 1 aromatic heterocycles. The number of anilines is 2. The highest BCUT2D eigenvalue weighted by Crippen LogP contribution is 2.34. The highest BCUT2D eigenvalue weighted by atomic mass is 32.2. The molecule has 1 saturated heterocycles. The smallest absolute Gasteiger partial charge is 0.263 e. The van der Waals surface area contributed by atoms with E-state index in [-0.39, 0.29) is 11.7 Å². The number of sulfonamides is 1. The first-order chi connectivity index (χ1) is 13.1. The van der Waals surface area contributed by atoms with Gasteiger partial charge in [-0.3, -0.25) is 4.72 Å². The van der Waals surface area contributed by atoms with Crippen LogP contribution in [0.15, 0.2) is 41.4 Å². The number of hydrogen-bond acceptors (Lipinski definition) is 6. The Hall–Kier alpha value is -2.48. The lowest BCUT2D eigenvalue weighted by atomic mass is 9.99. The molecule has 4 rings (SSSR count). The van der Waals surface area contributed by atoms with Crippen molar-refractivity contribution in [2.75, 3.05) is 23.0 Å². The van der Waals surface area contributed by atoms with Crippen LogP contribution in [0.1, 0.15) is 32.6 Å². The summed E-state index contributed by atoms with van der Waals surface area (Å²) in [6.07, 6.45) is 6.46. The second kappa shape index (κ2) is 7.26. The van der Waals surface area contributed by atoms with E-state index in [1.165, 1.54) is 31.4 Å². The van der Waals surface area contributed by atoms with E-state index in [0.717, 1.165) is 18.7 Å². The second-order valence-corrected chi connectivity index (χ2v) is 8.46. The van der Waals surface area contributed by atoms with Crippen LogP contribution in [0.25, 0.3) is 0 Å². The highest BCUT2D eigenvalue weighted by Gasteiger charge is 2.23. The Kier molecular flexibility index (Phi) is 4.82. The maximum absolute atomic E-state index is 12.6. The number of fused-ring (bicyclic) bond motifs is 1. The summed E-state index contributed by atoms with van der Waals surface area (Å²) in [5.74, 6) is 1.27. The lowest BCUT2D eigenvalue weighted by molar-refractivity contribution is 0.174. The highest BCUT2D eigenvalue weighted by molar-refractivity contribution is 7.92. The average Bonchev–Trinajstić information content (AvgIpc) is 3.16. The minimum absolute atomic E-state index is 0.102. The van der Waals surface area contributed by atoms with Crippen LogP contribution < -0.4 is 19.1 Å². The second-order valence-electron chi connectivity index (χ2n) is 6.77. The van der Waals surface area contributed by atoms with Gasteiger partial charge < -0.3 is 14.4 Å². The maximum Gasteiger partial charge on any atom is 0.263 e. The van der Waals surface area contributed by atoms with Crippen LogP contribution in [0.3, 0.4) is 0 Å². The van der Waals surface area contributed by atoms with Crippen molar-refractivity contribution in [2.24, 2.45) is 0 Å². The van der Waals surface area contributed by atoms with Gasteiger partial charge in [0.2, 0.25) is 6.79 Å². The molecule has 2 aromatic rings. The van der Waals surface area contributed by atoms with E-state index in [2.05, 4.69) is 21.5 Å². The summed E-state index contributed by atoms with van der Waals surface area (Å²) in [7, 11) is -3.75. The van der Waals surface area contributed by atoms with Crippen LogP contribution in [0, 0.1) is 0 Å². The lowest BCUT2D eigenvalue weighted by Gasteiger charge is -2.37. The van der Waals surface area contributed by atoms with Gasteiger partial charge in [-0.05, 0) is 49.9 Å². The van der Waals surface area contributed by atoms with Crippen LogP contribution in [0.2, 0.25) is 0 Å². The first-order valence-electron chi connectivity index (χ1n) is 9.22. The normalized spacial score (nSPS) is 19.1. The molecular formula is C19H23N3O4S. The van der Waals surface area contributed by atoms with Crippen molar-refractivity contribution in [1.82, 2.24) is 4.98 Å². The fourth-order valence-electron chi connectivity index (χ4n) is 3.62. The van der Waals surface area contributed by atoms with Gasteiger partial charge in [0.1, 0.15) is 5.82 Å². The summed E-state index contributed by atoms with van der Waals surface area (Å²) in [4.78, 5) is 6.80. The van der Waals surface area contributed by atoms with Gasteiger partial charge in [-0.25, -0.2) is 13.4 Å². The van der Waals surface area contributed by atoms with Crippen LogP contribution in [-0.4, -0.2) is 32.8 Å². The molecule has 7 nitrogen and oxygen atoms in total. The van der Waals surface area contributed by atoms with Crippen molar-refractivity contribution in [2.45, 2.75) is 43.5 Å². The maximum atomic E-state index is 12.6. The van der Waals surface area contributed by atoms with Crippen molar-refractivity contribution in [3.63, 3.8) is 0 Å². The van der Waals surface area contributed by atoms with Crippen LogP contribution >= 0.6 is 0 Å². The van der Waals surface area contributed by atoms with Gasteiger partial charge in [0, 0.05) is 18.7 Å². The van der Waals surface area contributed by atoms with Crippen molar-refractivity contribution in [1.29, 1.82) is 0 Å². The number of ether oxygens (including phenoxy) is 2. The van der Waals surface area contributed by atoms with Gasteiger partial charge in [-0.15, -0.1) is 0 Å². The van der Waals surface area contributed by atoms with E-state index in [9.17, 15) is 8.42 Å². The minimum Gasteiger partial charge on any atom is -0.454 e. The van der Waals surface area contributed by atoms with Gasteiger partial charge in [-0.1, -0.05) is 6.92 Å². The largest absolute Gasteiger partial charge is 0.454 e. The fraction of sp³-hybridized carbons (Fsp3) is 0.421. The Morgan fingerprint density at radius 1 is 1.19 bits per heavy atom. The number of aromatic nitrogens is 1. The molecule has 1 N–H and O–H groups in total. The molecule has 0 spiro atoms. The summed E-state index contributed by atoms with van der Waals surface area (Å²) in [5, 5.41) is 0. The van der Waals surface area contributed by atoms with Crippen molar-refractivity contribution >= 4 is 21.5 Å². The number of nitrogens with zero attached hydrogens (tertiary/aromatic N) is 2. The predicted octanol–water partition coefficient (Wildman–Crippen LogP) is 3.38. The number of nitrogens with one attached hydrogen (secondary N) is 1. The summed E-state index contributed by atoms with van der Waals surface area (Å²) in [6, 6.07) is 8.70. The average molecular weight is 389 g/mol. The Labute approximate surface area is 159 Å². The molecule has 2 aliphatic rings. The van der Waals surface area contributed by atoms with Gasteiger partial charge in [0.25, 0.3) is 10.0 Å². The van der Waals surface area contributed by atoms with Gasteiger partial charge >= 0.3 is 0 Å².